The molecular formula is C12H14N2OS. The summed E-state index contributed by atoms with van der Waals surface area (Å²) < 4.78 is 5.00. The van der Waals surface area contributed by atoms with E-state index >= 15 is 0 Å². The van der Waals surface area contributed by atoms with Gasteiger partial charge in [-0.25, -0.2) is 4.98 Å². The molecule has 0 unspecified atom stereocenters. The van der Waals surface area contributed by atoms with Crippen LogP contribution in [0.2, 0.25) is 0 Å². The molecule has 0 saturated carbocycles. The molecule has 2 rings (SSSR count). The largest absolute Gasteiger partial charge is 0.384 e. The third-order valence-corrected chi connectivity index (χ3v) is 3.62. The van der Waals surface area contributed by atoms with Gasteiger partial charge in [-0.2, -0.15) is 5.26 Å². The van der Waals surface area contributed by atoms with E-state index in [0.717, 1.165) is 23.6 Å². The predicted molar refractivity (Wildman–Crippen MR) is 63.6 cm³/mol. The molecule has 0 N–H and O–H groups in total. The van der Waals surface area contributed by atoms with Crippen molar-refractivity contribution in [2.75, 3.05) is 19.5 Å². The first-order chi connectivity index (χ1) is 7.85. The van der Waals surface area contributed by atoms with Crippen molar-refractivity contribution in [3.8, 4) is 6.07 Å². The second kappa shape index (κ2) is 5.33. The van der Waals surface area contributed by atoms with E-state index < -0.39 is 0 Å². The number of fused-ring (bicyclic) bond motifs is 1. The Balaban J connectivity index is 2.20. The van der Waals surface area contributed by atoms with E-state index in [1.807, 2.05) is 6.07 Å². The number of nitriles is 1. The van der Waals surface area contributed by atoms with E-state index in [9.17, 15) is 0 Å². The Kier molecular flexibility index (Phi) is 3.81. The summed E-state index contributed by atoms with van der Waals surface area (Å²) in [6.07, 6.45) is 3.29. The standard InChI is InChI=1S/C12H14N2OS/c1-15-5-6-16-12-10(8-13)7-9-3-2-4-11(9)14-12/h7H,2-6H2,1H3. The number of thioether (sulfide) groups is 1. The number of aryl methyl sites for hydroxylation is 2. The number of hydrogen-bond acceptors (Lipinski definition) is 4. The first-order valence-electron chi connectivity index (χ1n) is 5.40. The second-order valence-corrected chi connectivity index (χ2v) is 4.84. The lowest BCUT2D eigenvalue weighted by molar-refractivity contribution is 0.218. The molecule has 84 valence electrons. The average Bonchev–Trinajstić information content (AvgIpc) is 2.75. The summed E-state index contributed by atoms with van der Waals surface area (Å²) in [4.78, 5) is 4.58. The summed E-state index contributed by atoms with van der Waals surface area (Å²) in [6.45, 7) is 0.689. The Morgan fingerprint density at radius 3 is 3.19 bits per heavy atom. The topological polar surface area (TPSA) is 45.9 Å². The number of pyridine rings is 1. The smallest absolute Gasteiger partial charge is 0.114 e. The molecule has 1 aliphatic carbocycles. The molecule has 0 aliphatic heterocycles. The molecule has 0 bridgehead atoms. The van der Waals surface area contributed by atoms with Crippen molar-refractivity contribution >= 4 is 11.8 Å². The van der Waals surface area contributed by atoms with Crippen LogP contribution in [0.3, 0.4) is 0 Å². The maximum atomic E-state index is 9.07. The normalized spacial score (nSPS) is 13.5. The molecule has 0 spiro atoms. The number of nitrogens with zero attached hydrogens (tertiary/aromatic N) is 2. The van der Waals surface area contributed by atoms with E-state index in [1.165, 1.54) is 17.7 Å². The van der Waals surface area contributed by atoms with Crippen molar-refractivity contribution < 1.29 is 4.74 Å². The molecule has 0 radical (unpaired) electrons. The summed E-state index contributed by atoms with van der Waals surface area (Å²) in [5, 5.41) is 9.93. The van der Waals surface area contributed by atoms with Crippen molar-refractivity contribution in [1.82, 2.24) is 4.98 Å². The van der Waals surface area contributed by atoms with Gasteiger partial charge >= 0.3 is 0 Å². The van der Waals surface area contributed by atoms with Crippen LogP contribution >= 0.6 is 11.8 Å². The molecular weight excluding hydrogens is 220 g/mol. The van der Waals surface area contributed by atoms with E-state index in [2.05, 4.69) is 11.1 Å². The van der Waals surface area contributed by atoms with E-state index in [1.54, 1.807) is 18.9 Å². The van der Waals surface area contributed by atoms with Crippen LogP contribution in [0.15, 0.2) is 11.1 Å². The van der Waals surface area contributed by atoms with Gasteiger partial charge in [0.05, 0.1) is 12.2 Å². The highest BCUT2D eigenvalue weighted by Crippen LogP contribution is 2.27. The van der Waals surface area contributed by atoms with Crippen LogP contribution in [0.5, 0.6) is 0 Å². The third kappa shape index (κ3) is 2.37. The third-order valence-electron chi connectivity index (χ3n) is 2.66. The minimum absolute atomic E-state index is 0.689. The summed E-state index contributed by atoms with van der Waals surface area (Å²) in [6, 6.07) is 4.23. The fourth-order valence-corrected chi connectivity index (χ4v) is 2.74. The van der Waals surface area contributed by atoms with Crippen LogP contribution in [0.4, 0.5) is 0 Å². The summed E-state index contributed by atoms with van der Waals surface area (Å²) in [5.41, 5.74) is 3.15. The lowest BCUT2D eigenvalue weighted by Gasteiger charge is -2.06. The first-order valence-corrected chi connectivity index (χ1v) is 6.38. The minimum atomic E-state index is 0.689. The van der Waals surface area contributed by atoms with Gasteiger partial charge in [0.2, 0.25) is 0 Å². The fraction of sp³-hybridized carbons (Fsp3) is 0.500. The highest BCUT2D eigenvalue weighted by atomic mass is 32.2. The highest BCUT2D eigenvalue weighted by molar-refractivity contribution is 7.99. The van der Waals surface area contributed by atoms with Crippen LogP contribution in [0, 0.1) is 11.3 Å². The molecule has 0 fully saturated rings. The maximum Gasteiger partial charge on any atom is 0.114 e. The molecule has 1 aromatic rings. The zero-order valence-corrected chi connectivity index (χ0v) is 10.1. The average molecular weight is 234 g/mol. The van der Waals surface area contributed by atoms with Crippen molar-refractivity contribution in [2.24, 2.45) is 0 Å². The Hall–Kier alpha value is -1.05. The predicted octanol–water partition coefficient (Wildman–Crippen LogP) is 2.18. The molecule has 3 nitrogen and oxygen atoms in total. The molecule has 4 heteroatoms. The Labute approximate surface area is 99.8 Å². The zero-order valence-electron chi connectivity index (χ0n) is 9.32. The van der Waals surface area contributed by atoms with Gasteiger partial charge in [0, 0.05) is 18.6 Å². The van der Waals surface area contributed by atoms with Crippen LogP contribution in [0.1, 0.15) is 23.2 Å². The summed E-state index contributed by atoms with van der Waals surface area (Å²) in [7, 11) is 1.68. The van der Waals surface area contributed by atoms with Gasteiger partial charge in [-0.15, -0.1) is 11.8 Å². The fourth-order valence-electron chi connectivity index (χ4n) is 1.86. The van der Waals surface area contributed by atoms with E-state index in [0.29, 0.717) is 12.2 Å². The van der Waals surface area contributed by atoms with Crippen LogP contribution in [-0.4, -0.2) is 24.5 Å². The first kappa shape index (κ1) is 11.4. The van der Waals surface area contributed by atoms with Crippen LogP contribution in [0.25, 0.3) is 0 Å². The van der Waals surface area contributed by atoms with Gasteiger partial charge in [-0.1, -0.05) is 0 Å². The van der Waals surface area contributed by atoms with Gasteiger partial charge < -0.3 is 4.74 Å². The number of ether oxygens (including phenoxy) is 1. The number of aromatic nitrogens is 1. The molecule has 16 heavy (non-hydrogen) atoms. The number of methoxy groups -OCH3 is 1. The SMILES string of the molecule is COCCSc1nc2c(cc1C#N)CCC2. The minimum Gasteiger partial charge on any atom is -0.384 e. The molecule has 1 aliphatic rings. The van der Waals surface area contributed by atoms with E-state index in [-0.39, 0.29) is 0 Å². The Bertz CT molecular complexity index is 426. The van der Waals surface area contributed by atoms with Crippen molar-refractivity contribution in [1.29, 1.82) is 5.26 Å². The van der Waals surface area contributed by atoms with Crippen molar-refractivity contribution in [3.05, 3.63) is 22.9 Å². The monoisotopic (exact) mass is 234 g/mol. The number of rotatable bonds is 4. The number of hydrogen-bond donors (Lipinski definition) is 0. The molecule has 0 amide bonds. The summed E-state index contributed by atoms with van der Waals surface area (Å²) in [5.74, 6) is 0.844. The molecule has 0 atom stereocenters. The summed E-state index contributed by atoms with van der Waals surface area (Å²) >= 11 is 1.60. The van der Waals surface area contributed by atoms with Crippen molar-refractivity contribution in [3.63, 3.8) is 0 Å². The highest BCUT2D eigenvalue weighted by Gasteiger charge is 2.16. The van der Waals surface area contributed by atoms with Gasteiger partial charge in [0.25, 0.3) is 0 Å². The lowest BCUT2D eigenvalue weighted by atomic mass is 10.2. The Morgan fingerprint density at radius 2 is 2.44 bits per heavy atom. The quantitative estimate of drug-likeness (QED) is 0.591. The van der Waals surface area contributed by atoms with Gasteiger partial charge in [-0.05, 0) is 30.9 Å². The van der Waals surface area contributed by atoms with Gasteiger partial charge in [-0.3, -0.25) is 0 Å². The van der Waals surface area contributed by atoms with Gasteiger partial charge in [0.1, 0.15) is 11.1 Å². The van der Waals surface area contributed by atoms with E-state index in [4.69, 9.17) is 10.00 Å². The van der Waals surface area contributed by atoms with Crippen LogP contribution < -0.4 is 0 Å². The second-order valence-electron chi connectivity index (χ2n) is 3.75. The Morgan fingerprint density at radius 1 is 1.56 bits per heavy atom. The molecule has 0 aromatic carbocycles. The molecule has 1 aromatic heterocycles. The molecule has 0 saturated heterocycles. The maximum absolute atomic E-state index is 9.07. The lowest BCUT2D eigenvalue weighted by Crippen LogP contribution is -1.98. The van der Waals surface area contributed by atoms with Gasteiger partial charge in [0.15, 0.2) is 0 Å². The van der Waals surface area contributed by atoms with Crippen LogP contribution in [-0.2, 0) is 17.6 Å². The van der Waals surface area contributed by atoms with Crippen molar-refractivity contribution in [2.45, 2.75) is 24.3 Å². The zero-order chi connectivity index (χ0) is 11.4. The molecule has 1 heterocycles.